The van der Waals surface area contributed by atoms with Crippen LogP contribution in [0, 0.1) is 25.7 Å². The zero-order valence-corrected chi connectivity index (χ0v) is 14.0. The van der Waals surface area contributed by atoms with Crippen molar-refractivity contribution in [2.75, 3.05) is 13.1 Å². The minimum absolute atomic E-state index is 0.604. The summed E-state index contributed by atoms with van der Waals surface area (Å²) in [5.41, 5.74) is 1.21. The summed E-state index contributed by atoms with van der Waals surface area (Å²) in [4.78, 5) is 13.9. The zero-order valence-electron chi connectivity index (χ0n) is 12.4. The normalized spacial score (nSPS) is 23.9. The van der Waals surface area contributed by atoms with E-state index in [2.05, 4.69) is 37.6 Å². The Labute approximate surface area is 129 Å². The van der Waals surface area contributed by atoms with Crippen LogP contribution in [0.5, 0.6) is 0 Å². The van der Waals surface area contributed by atoms with E-state index >= 15 is 0 Å². The van der Waals surface area contributed by atoms with Gasteiger partial charge in [-0.3, -0.25) is 4.90 Å². The molecule has 1 aliphatic rings. The van der Waals surface area contributed by atoms with Crippen molar-refractivity contribution in [2.45, 2.75) is 34.2 Å². The molecule has 0 aromatic carbocycles. The van der Waals surface area contributed by atoms with Crippen LogP contribution in [0.1, 0.15) is 30.1 Å². The number of halogens is 1. The standard InChI is InChI=1S/C15H20ClN3S/c1-8-5-19(6-9(8)2)7-12-17-14(16)13-10(3)11(4)20-15(13)18-12/h8-9H,5-7H2,1-4H3. The van der Waals surface area contributed by atoms with Gasteiger partial charge in [-0.05, 0) is 31.2 Å². The van der Waals surface area contributed by atoms with Crippen LogP contribution in [-0.2, 0) is 6.54 Å². The lowest BCUT2D eigenvalue weighted by atomic mass is 10.0. The molecule has 3 nitrogen and oxygen atoms in total. The lowest BCUT2D eigenvalue weighted by molar-refractivity contribution is 0.308. The highest BCUT2D eigenvalue weighted by Gasteiger charge is 2.26. The summed E-state index contributed by atoms with van der Waals surface area (Å²) in [5, 5.41) is 1.63. The number of thiophene rings is 1. The van der Waals surface area contributed by atoms with Crippen molar-refractivity contribution in [1.82, 2.24) is 14.9 Å². The first-order valence-corrected chi connectivity index (χ1v) is 8.29. The minimum Gasteiger partial charge on any atom is -0.295 e. The molecule has 0 bridgehead atoms. The van der Waals surface area contributed by atoms with Gasteiger partial charge in [-0.1, -0.05) is 25.4 Å². The molecular formula is C15H20ClN3S. The van der Waals surface area contributed by atoms with Gasteiger partial charge >= 0.3 is 0 Å². The molecule has 3 heterocycles. The van der Waals surface area contributed by atoms with Crippen molar-refractivity contribution in [1.29, 1.82) is 0 Å². The molecule has 5 heteroatoms. The second-order valence-electron chi connectivity index (χ2n) is 6.04. The largest absolute Gasteiger partial charge is 0.295 e. The van der Waals surface area contributed by atoms with Crippen LogP contribution in [0.3, 0.4) is 0 Å². The predicted molar refractivity (Wildman–Crippen MR) is 85.5 cm³/mol. The smallest absolute Gasteiger partial charge is 0.145 e. The highest BCUT2D eigenvalue weighted by molar-refractivity contribution is 7.18. The average Bonchev–Trinajstić information content (AvgIpc) is 2.81. The van der Waals surface area contributed by atoms with Gasteiger partial charge in [0.05, 0.1) is 11.9 Å². The molecule has 1 saturated heterocycles. The summed E-state index contributed by atoms with van der Waals surface area (Å²) in [6.07, 6.45) is 0. The Bertz CT molecular complexity index is 642. The second kappa shape index (κ2) is 5.24. The summed E-state index contributed by atoms with van der Waals surface area (Å²) in [7, 11) is 0. The fraction of sp³-hybridized carbons (Fsp3) is 0.600. The highest BCUT2D eigenvalue weighted by Crippen LogP contribution is 2.33. The van der Waals surface area contributed by atoms with Crippen LogP contribution in [0.4, 0.5) is 0 Å². The molecule has 2 unspecified atom stereocenters. The molecule has 0 aliphatic carbocycles. The number of aryl methyl sites for hydroxylation is 2. The van der Waals surface area contributed by atoms with Crippen molar-refractivity contribution in [3.63, 3.8) is 0 Å². The number of hydrogen-bond donors (Lipinski definition) is 0. The molecule has 20 heavy (non-hydrogen) atoms. The van der Waals surface area contributed by atoms with Gasteiger partial charge in [0, 0.05) is 18.0 Å². The third-order valence-corrected chi connectivity index (χ3v) is 5.83. The van der Waals surface area contributed by atoms with Crippen LogP contribution in [0.15, 0.2) is 0 Å². The second-order valence-corrected chi connectivity index (χ2v) is 7.60. The van der Waals surface area contributed by atoms with Gasteiger partial charge in [-0.2, -0.15) is 0 Å². The van der Waals surface area contributed by atoms with Crippen LogP contribution in [-0.4, -0.2) is 28.0 Å². The van der Waals surface area contributed by atoms with Gasteiger partial charge in [-0.25, -0.2) is 9.97 Å². The Balaban J connectivity index is 1.90. The summed E-state index contributed by atoms with van der Waals surface area (Å²) >= 11 is 8.07. The molecule has 0 saturated carbocycles. The van der Waals surface area contributed by atoms with Crippen LogP contribution in [0.25, 0.3) is 10.2 Å². The number of rotatable bonds is 2. The summed E-state index contributed by atoms with van der Waals surface area (Å²) in [6.45, 7) is 11.9. The van der Waals surface area contributed by atoms with E-state index in [0.29, 0.717) is 5.15 Å². The maximum atomic E-state index is 6.36. The van der Waals surface area contributed by atoms with E-state index in [1.807, 2.05) is 0 Å². The topological polar surface area (TPSA) is 29.0 Å². The molecule has 2 aromatic heterocycles. The fourth-order valence-electron chi connectivity index (χ4n) is 2.89. The van der Waals surface area contributed by atoms with Crippen LogP contribution >= 0.6 is 22.9 Å². The number of aromatic nitrogens is 2. The van der Waals surface area contributed by atoms with Gasteiger partial charge < -0.3 is 0 Å². The van der Waals surface area contributed by atoms with E-state index < -0.39 is 0 Å². The first-order valence-electron chi connectivity index (χ1n) is 7.10. The summed E-state index contributed by atoms with van der Waals surface area (Å²) in [6, 6.07) is 0. The number of hydrogen-bond acceptors (Lipinski definition) is 4. The fourth-order valence-corrected chi connectivity index (χ4v) is 4.32. The lowest BCUT2D eigenvalue weighted by Crippen LogP contribution is -2.21. The van der Waals surface area contributed by atoms with E-state index in [-0.39, 0.29) is 0 Å². The summed E-state index contributed by atoms with van der Waals surface area (Å²) in [5.74, 6) is 2.35. The molecule has 0 amide bonds. The predicted octanol–water partition coefficient (Wildman–Crippen LogP) is 4.05. The lowest BCUT2D eigenvalue weighted by Gasteiger charge is -2.14. The Morgan fingerprint density at radius 2 is 1.85 bits per heavy atom. The van der Waals surface area contributed by atoms with E-state index in [0.717, 1.165) is 47.5 Å². The van der Waals surface area contributed by atoms with Crippen molar-refractivity contribution < 1.29 is 0 Å². The van der Waals surface area contributed by atoms with Crippen molar-refractivity contribution in [3.8, 4) is 0 Å². The molecule has 2 aromatic rings. The first-order chi connectivity index (χ1) is 9.45. The number of nitrogens with zero attached hydrogens (tertiary/aromatic N) is 3. The van der Waals surface area contributed by atoms with Gasteiger partial charge in [0.25, 0.3) is 0 Å². The maximum absolute atomic E-state index is 6.36. The average molecular weight is 310 g/mol. The molecule has 0 N–H and O–H groups in total. The van der Waals surface area contributed by atoms with E-state index in [1.165, 1.54) is 10.4 Å². The zero-order chi connectivity index (χ0) is 14.4. The Morgan fingerprint density at radius 1 is 1.20 bits per heavy atom. The van der Waals surface area contributed by atoms with E-state index in [4.69, 9.17) is 16.6 Å². The molecule has 3 rings (SSSR count). The molecular weight excluding hydrogens is 290 g/mol. The summed E-state index contributed by atoms with van der Waals surface area (Å²) < 4.78 is 0. The third kappa shape index (κ3) is 2.45. The monoisotopic (exact) mass is 309 g/mol. The third-order valence-electron chi connectivity index (χ3n) is 4.46. The highest BCUT2D eigenvalue weighted by atomic mass is 35.5. The Morgan fingerprint density at radius 3 is 2.50 bits per heavy atom. The molecule has 1 aliphatic heterocycles. The number of fused-ring (bicyclic) bond motifs is 1. The van der Waals surface area contributed by atoms with Gasteiger partial charge in [-0.15, -0.1) is 11.3 Å². The van der Waals surface area contributed by atoms with E-state index in [1.54, 1.807) is 11.3 Å². The van der Waals surface area contributed by atoms with Gasteiger partial charge in [0.15, 0.2) is 0 Å². The van der Waals surface area contributed by atoms with Crippen LogP contribution < -0.4 is 0 Å². The SMILES string of the molecule is Cc1sc2nc(CN3CC(C)C(C)C3)nc(Cl)c2c1C. The molecule has 0 spiro atoms. The van der Waals surface area contributed by atoms with Crippen LogP contribution in [0.2, 0.25) is 5.15 Å². The van der Waals surface area contributed by atoms with E-state index in [9.17, 15) is 0 Å². The Kier molecular flexibility index (Phi) is 3.73. The van der Waals surface area contributed by atoms with Gasteiger partial charge in [0.1, 0.15) is 15.8 Å². The molecule has 108 valence electrons. The van der Waals surface area contributed by atoms with Gasteiger partial charge in [0.2, 0.25) is 0 Å². The van der Waals surface area contributed by atoms with Crippen molar-refractivity contribution in [3.05, 3.63) is 21.4 Å². The minimum atomic E-state index is 0.604. The number of likely N-dealkylation sites (tertiary alicyclic amines) is 1. The van der Waals surface area contributed by atoms with Crippen molar-refractivity contribution in [2.24, 2.45) is 11.8 Å². The molecule has 0 radical (unpaired) electrons. The first kappa shape index (κ1) is 14.2. The maximum Gasteiger partial charge on any atom is 0.145 e. The molecule has 2 atom stereocenters. The van der Waals surface area contributed by atoms with Crippen molar-refractivity contribution >= 4 is 33.2 Å². The molecule has 1 fully saturated rings. The Hall–Kier alpha value is -0.710. The quantitative estimate of drug-likeness (QED) is 0.784.